The first-order valence-electron chi connectivity index (χ1n) is 3.70. The first-order valence-corrected chi connectivity index (χ1v) is 4.75. The molecule has 0 aliphatic rings. The Labute approximate surface area is 67.5 Å². The Bertz CT molecular complexity index is 70.6. The lowest BCUT2D eigenvalue weighted by Crippen LogP contribution is -2.08. The Morgan fingerprint density at radius 3 is 2.80 bits per heavy atom. The largest absolute Gasteiger partial charge is 0.371 e. The highest BCUT2D eigenvalue weighted by Gasteiger charge is 1.98. The molecule has 0 fully saturated rings. The Balaban J connectivity index is 2.97. The molecule has 0 aliphatic heterocycles. The minimum absolute atomic E-state index is 0.636. The van der Waals surface area contributed by atoms with E-state index in [9.17, 15) is 0 Å². The van der Waals surface area contributed by atoms with Crippen LogP contribution in [0.15, 0.2) is 0 Å². The minimum atomic E-state index is 0.636. The van der Waals surface area contributed by atoms with Crippen LogP contribution >= 0.6 is 11.8 Å². The van der Waals surface area contributed by atoms with Crippen molar-refractivity contribution in [1.29, 1.82) is 0 Å². The fourth-order valence-corrected chi connectivity index (χ4v) is 1.36. The van der Waals surface area contributed by atoms with Crippen LogP contribution in [0.3, 0.4) is 0 Å². The molecule has 0 spiro atoms. The molecule has 0 aromatic heterocycles. The van der Waals surface area contributed by atoms with Gasteiger partial charge in [-0.25, -0.2) is 0 Å². The summed E-state index contributed by atoms with van der Waals surface area (Å²) in [5.74, 6) is 0.803. The molecule has 0 heterocycles. The predicted octanol–water partition coefficient (Wildman–Crippen LogP) is 1.45. The van der Waals surface area contributed by atoms with Crippen molar-refractivity contribution in [2.75, 3.05) is 19.1 Å². The van der Waals surface area contributed by atoms with Gasteiger partial charge in [-0.15, -0.1) is 11.8 Å². The number of nitrogens with two attached hydrogens (primary N) is 1. The van der Waals surface area contributed by atoms with Crippen molar-refractivity contribution in [1.82, 2.24) is 0 Å². The van der Waals surface area contributed by atoms with Crippen LogP contribution in [0.4, 0.5) is 0 Å². The summed E-state index contributed by atoms with van der Waals surface area (Å²) in [6.07, 6.45) is 1.08. The van der Waals surface area contributed by atoms with Gasteiger partial charge >= 0.3 is 0 Å². The summed E-state index contributed by atoms with van der Waals surface area (Å²) < 4.78 is 5.17. The highest BCUT2D eigenvalue weighted by atomic mass is 32.2. The third-order valence-corrected chi connectivity index (χ3v) is 2.32. The van der Waals surface area contributed by atoms with Gasteiger partial charge in [0.2, 0.25) is 0 Å². The monoisotopic (exact) mass is 163 g/mol. The Kier molecular flexibility index (Phi) is 7.58. The lowest BCUT2D eigenvalue weighted by Gasteiger charge is -2.08. The molecule has 0 radical (unpaired) electrons. The van der Waals surface area contributed by atoms with E-state index in [-0.39, 0.29) is 0 Å². The average Bonchev–Trinajstić information content (AvgIpc) is 1.89. The second-order valence-electron chi connectivity index (χ2n) is 2.17. The second kappa shape index (κ2) is 7.38. The van der Waals surface area contributed by atoms with E-state index in [1.54, 1.807) is 0 Å². The normalized spacial score (nSPS) is 13.5. The molecule has 1 unspecified atom stereocenters. The zero-order chi connectivity index (χ0) is 7.82. The lowest BCUT2D eigenvalue weighted by atomic mass is 10.3. The van der Waals surface area contributed by atoms with E-state index >= 15 is 0 Å². The summed E-state index contributed by atoms with van der Waals surface area (Å²) >= 11 is 1.82. The number of thioether (sulfide) groups is 1. The molecular formula is C7H17NOS. The lowest BCUT2D eigenvalue weighted by molar-refractivity contribution is 0.199. The average molecular weight is 163 g/mol. The fourth-order valence-electron chi connectivity index (χ4n) is 0.566. The third-order valence-electron chi connectivity index (χ3n) is 1.21. The van der Waals surface area contributed by atoms with Crippen molar-refractivity contribution in [3.63, 3.8) is 0 Å². The second-order valence-corrected chi connectivity index (χ2v) is 3.54. The molecule has 0 bridgehead atoms. The van der Waals surface area contributed by atoms with E-state index in [0.29, 0.717) is 5.25 Å². The molecule has 3 heteroatoms. The first-order chi connectivity index (χ1) is 4.81. The maximum Gasteiger partial charge on any atom is 0.0923 e. The number of hydrogen-bond acceptors (Lipinski definition) is 3. The number of rotatable bonds is 6. The Morgan fingerprint density at radius 1 is 1.60 bits per heavy atom. The summed E-state index contributed by atoms with van der Waals surface area (Å²) in [6.45, 7) is 5.77. The number of hydrogen-bond donors (Lipinski definition) is 1. The Hall–Kier alpha value is 0.270. The van der Waals surface area contributed by atoms with Gasteiger partial charge in [0.05, 0.1) is 5.94 Å². The zero-order valence-corrected chi connectivity index (χ0v) is 7.62. The first kappa shape index (κ1) is 10.3. The van der Waals surface area contributed by atoms with Crippen LogP contribution in [-0.4, -0.2) is 24.3 Å². The minimum Gasteiger partial charge on any atom is -0.371 e. The van der Waals surface area contributed by atoms with Crippen molar-refractivity contribution < 1.29 is 4.74 Å². The molecule has 2 N–H and O–H groups in total. The van der Waals surface area contributed by atoms with Crippen molar-refractivity contribution in [3.8, 4) is 0 Å². The van der Waals surface area contributed by atoms with Gasteiger partial charge in [0.1, 0.15) is 0 Å². The van der Waals surface area contributed by atoms with Gasteiger partial charge in [0.15, 0.2) is 0 Å². The molecule has 0 aromatic rings. The highest BCUT2D eigenvalue weighted by Crippen LogP contribution is 2.12. The van der Waals surface area contributed by atoms with E-state index in [0.717, 1.165) is 25.5 Å². The SMILES string of the molecule is CCOCSC(C)CCN. The van der Waals surface area contributed by atoms with Crippen LogP contribution in [0.1, 0.15) is 20.3 Å². The van der Waals surface area contributed by atoms with Crippen molar-refractivity contribution in [3.05, 3.63) is 0 Å². The zero-order valence-electron chi connectivity index (χ0n) is 6.80. The van der Waals surface area contributed by atoms with Gasteiger partial charge in [-0.2, -0.15) is 0 Å². The summed E-state index contributed by atoms with van der Waals surface area (Å²) in [5, 5.41) is 0.636. The van der Waals surface area contributed by atoms with Crippen molar-refractivity contribution in [2.45, 2.75) is 25.5 Å². The maximum atomic E-state index is 5.38. The van der Waals surface area contributed by atoms with Gasteiger partial charge in [-0.3, -0.25) is 0 Å². The van der Waals surface area contributed by atoms with Crippen LogP contribution in [-0.2, 0) is 4.74 Å². The fraction of sp³-hybridized carbons (Fsp3) is 1.00. The Morgan fingerprint density at radius 2 is 2.30 bits per heavy atom. The van der Waals surface area contributed by atoms with Gasteiger partial charge < -0.3 is 10.5 Å². The molecule has 2 nitrogen and oxygen atoms in total. The van der Waals surface area contributed by atoms with E-state index in [1.807, 2.05) is 18.7 Å². The van der Waals surface area contributed by atoms with Gasteiger partial charge in [-0.1, -0.05) is 6.92 Å². The van der Waals surface area contributed by atoms with Gasteiger partial charge in [0, 0.05) is 11.9 Å². The summed E-state index contributed by atoms with van der Waals surface area (Å²) in [6, 6.07) is 0. The standard InChI is InChI=1S/C7H17NOS/c1-3-9-6-10-7(2)4-5-8/h7H,3-6,8H2,1-2H3. The molecule has 10 heavy (non-hydrogen) atoms. The molecule has 0 aliphatic carbocycles. The quantitative estimate of drug-likeness (QED) is 0.475. The molecule has 0 saturated heterocycles. The van der Waals surface area contributed by atoms with Crippen LogP contribution in [0, 0.1) is 0 Å². The summed E-state index contributed by atoms with van der Waals surface area (Å²) in [7, 11) is 0. The van der Waals surface area contributed by atoms with Crippen LogP contribution in [0.5, 0.6) is 0 Å². The van der Waals surface area contributed by atoms with E-state index < -0.39 is 0 Å². The van der Waals surface area contributed by atoms with Gasteiger partial charge in [0.25, 0.3) is 0 Å². The summed E-state index contributed by atoms with van der Waals surface area (Å²) in [4.78, 5) is 0. The molecule has 0 amide bonds. The topological polar surface area (TPSA) is 35.2 Å². The smallest absolute Gasteiger partial charge is 0.0923 e. The molecular weight excluding hydrogens is 146 g/mol. The molecule has 0 rings (SSSR count). The van der Waals surface area contributed by atoms with E-state index in [2.05, 4.69) is 6.92 Å². The van der Waals surface area contributed by atoms with Gasteiger partial charge in [-0.05, 0) is 19.9 Å². The molecule has 0 aromatic carbocycles. The van der Waals surface area contributed by atoms with Crippen molar-refractivity contribution in [2.24, 2.45) is 5.73 Å². The van der Waals surface area contributed by atoms with E-state index in [4.69, 9.17) is 10.5 Å². The molecule has 62 valence electrons. The highest BCUT2D eigenvalue weighted by molar-refractivity contribution is 7.99. The maximum absolute atomic E-state index is 5.38. The number of ether oxygens (including phenoxy) is 1. The summed E-state index contributed by atoms with van der Waals surface area (Å²) in [5.41, 5.74) is 5.38. The van der Waals surface area contributed by atoms with Crippen molar-refractivity contribution >= 4 is 11.8 Å². The predicted molar refractivity (Wildman–Crippen MR) is 47.2 cm³/mol. The third kappa shape index (κ3) is 6.39. The molecule has 1 atom stereocenters. The van der Waals surface area contributed by atoms with E-state index in [1.165, 1.54) is 0 Å². The van der Waals surface area contributed by atoms with Crippen LogP contribution < -0.4 is 5.73 Å². The van der Waals surface area contributed by atoms with Crippen LogP contribution in [0.25, 0.3) is 0 Å². The molecule has 0 saturated carbocycles. The van der Waals surface area contributed by atoms with Crippen LogP contribution in [0.2, 0.25) is 0 Å².